The Morgan fingerprint density at radius 1 is 0.530 bits per heavy atom. The maximum absolute atomic E-state index is 12.8. The summed E-state index contributed by atoms with van der Waals surface area (Å²) in [6.07, 6.45) is 37.9. The van der Waals surface area contributed by atoms with Crippen molar-refractivity contribution in [2.45, 2.75) is 185 Å². The summed E-state index contributed by atoms with van der Waals surface area (Å²) in [4.78, 5) is 35.7. The van der Waals surface area contributed by atoms with Crippen LogP contribution in [0.2, 0.25) is 0 Å². The van der Waals surface area contributed by atoms with Gasteiger partial charge in [-0.05, 0) is 89.9 Å². The quantitative estimate of drug-likeness (QED) is 0.0134. The van der Waals surface area contributed by atoms with Crippen LogP contribution < -0.4 is 0 Å². The molecule has 0 aliphatic heterocycles. The number of allylic oxidation sites excluding steroid dienone is 17. The zero-order valence-corrected chi connectivity index (χ0v) is 40.2. The number of hydrogen-bond donors (Lipinski definition) is 7. The lowest BCUT2D eigenvalue weighted by Gasteiger charge is -2.41. The zero-order chi connectivity index (χ0) is 48.7. The minimum Gasteiger partial charge on any atom is -0.462 e. The monoisotopic (exact) mass is 949 g/mol. The van der Waals surface area contributed by atoms with Crippen molar-refractivity contribution in [3.8, 4) is 0 Å². The molecule has 0 aromatic carbocycles. The van der Waals surface area contributed by atoms with E-state index in [0.717, 1.165) is 57.8 Å². The van der Waals surface area contributed by atoms with Crippen molar-refractivity contribution in [3.05, 3.63) is 109 Å². The molecule has 0 spiro atoms. The highest BCUT2D eigenvalue weighted by Gasteiger charge is 2.51. The van der Waals surface area contributed by atoms with Gasteiger partial charge in [-0.15, -0.1) is 0 Å². The van der Waals surface area contributed by atoms with Gasteiger partial charge in [0.2, 0.25) is 0 Å². The third-order valence-corrected chi connectivity index (χ3v) is 11.1. The molecule has 1 aliphatic rings. The van der Waals surface area contributed by atoms with Gasteiger partial charge >= 0.3 is 19.8 Å². The predicted octanol–water partition coefficient (Wildman–Crippen LogP) is 8.58. The van der Waals surface area contributed by atoms with Gasteiger partial charge in [0.25, 0.3) is 0 Å². The Balaban J connectivity index is 2.56. The van der Waals surface area contributed by atoms with Gasteiger partial charge in [-0.2, -0.15) is 0 Å². The second kappa shape index (κ2) is 39.5. The highest BCUT2D eigenvalue weighted by atomic mass is 31.2. The van der Waals surface area contributed by atoms with E-state index in [1.807, 2.05) is 48.6 Å². The van der Waals surface area contributed by atoms with Gasteiger partial charge < -0.3 is 45.0 Å². The molecule has 0 heterocycles. The topological polar surface area (TPSA) is 230 Å². The molecule has 0 aromatic heterocycles. The largest absolute Gasteiger partial charge is 0.472 e. The molecule has 14 nitrogen and oxygen atoms in total. The molecular formula is C51H81O14P. The number of carbonyl (C=O) groups is 2. The first-order valence-electron chi connectivity index (χ1n) is 23.8. The van der Waals surface area contributed by atoms with E-state index in [1.165, 1.54) is 19.3 Å². The van der Waals surface area contributed by atoms with Crippen molar-refractivity contribution in [2.24, 2.45) is 0 Å². The van der Waals surface area contributed by atoms with Gasteiger partial charge in [-0.1, -0.05) is 142 Å². The Labute approximate surface area is 394 Å². The Kier molecular flexibility index (Phi) is 36.2. The van der Waals surface area contributed by atoms with Gasteiger partial charge in [-0.25, -0.2) is 4.57 Å². The van der Waals surface area contributed by atoms with Crippen molar-refractivity contribution in [2.75, 3.05) is 13.2 Å². The minimum absolute atomic E-state index is 0.0164. The molecule has 1 fully saturated rings. The van der Waals surface area contributed by atoms with Gasteiger partial charge in [0.15, 0.2) is 6.10 Å². The van der Waals surface area contributed by atoms with Crippen LogP contribution in [0.1, 0.15) is 136 Å². The van der Waals surface area contributed by atoms with Crippen molar-refractivity contribution in [1.29, 1.82) is 0 Å². The molecule has 0 saturated heterocycles. The van der Waals surface area contributed by atoms with E-state index in [4.69, 9.17) is 18.5 Å². The smallest absolute Gasteiger partial charge is 0.462 e. The van der Waals surface area contributed by atoms with Crippen molar-refractivity contribution in [3.63, 3.8) is 0 Å². The first-order valence-corrected chi connectivity index (χ1v) is 25.3. The summed E-state index contributed by atoms with van der Waals surface area (Å²) < 4.78 is 33.4. The highest BCUT2D eigenvalue weighted by Crippen LogP contribution is 2.47. The third kappa shape index (κ3) is 31.4. The maximum Gasteiger partial charge on any atom is 0.472 e. The molecule has 7 N–H and O–H groups in total. The van der Waals surface area contributed by atoms with Crippen LogP contribution >= 0.6 is 7.82 Å². The fraction of sp³-hybridized carbons (Fsp3) is 0.608. The number of esters is 2. The molecule has 1 aliphatic carbocycles. The summed E-state index contributed by atoms with van der Waals surface area (Å²) in [6.45, 7) is 2.95. The fourth-order valence-electron chi connectivity index (χ4n) is 6.33. The van der Waals surface area contributed by atoms with E-state index in [9.17, 15) is 49.7 Å². The molecule has 0 radical (unpaired) electrons. The molecule has 1 saturated carbocycles. The van der Waals surface area contributed by atoms with Gasteiger partial charge in [0.05, 0.1) is 12.7 Å². The average molecular weight is 949 g/mol. The van der Waals surface area contributed by atoms with Crippen LogP contribution in [-0.2, 0) is 32.7 Å². The summed E-state index contributed by atoms with van der Waals surface area (Å²) in [5.41, 5.74) is 0. The minimum atomic E-state index is -5.17. The molecule has 0 amide bonds. The Bertz CT molecular complexity index is 1580. The maximum atomic E-state index is 12.8. The Hall–Kier alpha value is -3.53. The second-order valence-electron chi connectivity index (χ2n) is 16.1. The van der Waals surface area contributed by atoms with E-state index in [2.05, 4.69) is 74.6 Å². The number of rotatable bonds is 37. The van der Waals surface area contributed by atoms with Crippen molar-refractivity contribution >= 4 is 19.8 Å². The number of phosphoric ester groups is 1. The fourth-order valence-corrected chi connectivity index (χ4v) is 7.31. The number of unbranched alkanes of at least 4 members (excludes halogenated alkanes) is 4. The summed E-state index contributed by atoms with van der Waals surface area (Å²) in [6, 6.07) is 0. The standard InChI is InChI=1S/C51H81O14P/c1-3-5-6-7-8-9-10-11-12-13-14-15-16-19-22-25-28-31-34-38-44(53)62-40-43(41-63-66(60,61)65-51-49(58)47(56)46(55)48(57)50(51)59)64-45(54)39-35-32-29-26-23-20-17-18-21-24-27-30-33-37-42(52)36-4-2/h8-9,11-12,14-15,17,19-22,24,26,28-31,33,42-43,46-52,55-59H,3-7,10,13,16,18,23,25,27,32,34-41H2,1-2H3,(H,60,61)/b9-8-,12-11-,15-14-,20-17-,22-19-,24-21-,29-26-,31-28-,33-30-/t42?,43-,46?,47-,48+,49-,50-,51?/m1/s1. The lowest BCUT2D eigenvalue weighted by Crippen LogP contribution is -2.64. The lowest BCUT2D eigenvalue weighted by atomic mass is 9.85. The number of hydrogen-bond acceptors (Lipinski definition) is 13. The normalized spacial score (nSPS) is 22.7. The van der Waals surface area contributed by atoms with Crippen LogP contribution in [0.3, 0.4) is 0 Å². The molecule has 0 bridgehead atoms. The van der Waals surface area contributed by atoms with E-state index in [-0.39, 0.29) is 18.9 Å². The second-order valence-corrected chi connectivity index (χ2v) is 17.5. The van der Waals surface area contributed by atoms with Gasteiger partial charge in [-0.3, -0.25) is 18.6 Å². The number of ether oxygens (including phenoxy) is 2. The molecule has 9 atom stereocenters. The zero-order valence-electron chi connectivity index (χ0n) is 39.3. The molecule has 0 aromatic rings. The van der Waals surface area contributed by atoms with Crippen molar-refractivity contribution in [1.82, 2.24) is 0 Å². The van der Waals surface area contributed by atoms with Crippen LogP contribution in [0.15, 0.2) is 109 Å². The number of aliphatic hydroxyl groups excluding tert-OH is 6. The average Bonchev–Trinajstić information content (AvgIpc) is 3.29. The van der Waals surface area contributed by atoms with E-state index >= 15 is 0 Å². The number of aliphatic hydroxyl groups is 6. The summed E-state index contributed by atoms with van der Waals surface area (Å²) in [5, 5.41) is 59.9. The molecular weight excluding hydrogens is 868 g/mol. The summed E-state index contributed by atoms with van der Waals surface area (Å²) in [5.74, 6) is -1.29. The van der Waals surface area contributed by atoms with Gasteiger partial charge in [0.1, 0.15) is 43.2 Å². The number of phosphoric acid groups is 1. The first-order chi connectivity index (χ1) is 31.8. The third-order valence-electron chi connectivity index (χ3n) is 10.2. The SMILES string of the molecule is CCCCC/C=C\C/C=C\C/C=C\C/C=C\C/C=C\CCC(=O)OC[C@H](COP(=O)(O)OC1[C@H](O)[C@H](O)C(O)[C@H](O)[C@H]1O)OC(=O)CCC/C=C\C/C=C\C/C=C\C/C=C\CC(O)CCC. The van der Waals surface area contributed by atoms with Crippen LogP contribution in [0.25, 0.3) is 0 Å². The van der Waals surface area contributed by atoms with E-state index in [0.29, 0.717) is 32.1 Å². The van der Waals surface area contributed by atoms with Crippen LogP contribution in [0.4, 0.5) is 0 Å². The van der Waals surface area contributed by atoms with Gasteiger partial charge in [0, 0.05) is 12.8 Å². The first kappa shape index (κ1) is 60.5. The Morgan fingerprint density at radius 2 is 0.970 bits per heavy atom. The van der Waals surface area contributed by atoms with Crippen LogP contribution in [0, 0.1) is 0 Å². The molecule has 1 rings (SSSR count). The number of carbonyl (C=O) groups excluding carboxylic acids is 2. The molecule has 15 heteroatoms. The van der Waals surface area contributed by atoms with Crippen molar-refractivity contribution < 1.29 is 68.2 Å². The van der Waals surface area contributed by atoms with E-state index < -0.39 is 75.7 Å². The van der Waals surface area contributed by atoms with E-state index in [1.54, 1.807) is 0 Å². The molecule has 4 unspecified atom stereocenters. The summed E-state index contributed by atoms with van der Waals surface area (Å²) in [7, 11) is -5.17. The predicted molar refractivity (Wildman–Crippen MR) is 259 cm³/mol. The molecule has 374 valence electrons. The van der Waals surface area contributed by atoms with Crippen LogP contribution in [0.5, 0.6) is 0 Å². The molecule has 66 heavy (non-hydrogen) atoms. The lowest BCUT2D eigenvalue weighted by molar-refractivity contribution is -0.220. The Morgan fingerprint density at radius 3 is 1.45 bits per heavy atom. The summed E-state index contributed by atoms with van der Waals surface area (Å²) >= 11 is 0. The van der Waals surface area contributed by atoms with Crippen LogP contribution in [-0.4, -0.2) is 110 Å². The highest BCUT2D eigenvalue weighted by molar-refractivity contribution is 7.47.